The number of furan rings is 1. The zero-order valence-electron chi connectivity index (χ0n) is 11.8. The maximum Gasteiger partial charge on any atom is 0.200 e. The average Bonchev–Trinajstić information content (AvgIpc) is 3.10. The minimum absolute atomic E-state index is 0.691. The zero-order valence-corrected chi connectivity index (χ0v) is 15.8. The van der Waals surface area contributed by atoms with Crippen LogP contribution in [0.5, 0.6) is 0 Å². The van der Waals surface area contributed by atoms with Gasteiger partial charge in [-0.15, -0.1) is 10.2 Å². The Labute approximate surface area is 149 Å². The maximum absolute atomic E-state index is 5.58. The summed E-state index contributed by atoms with van der Waals surface area (Å²) in [6.07, 6.45) is 0. The molecule has 2 heterocycles. The third kappa shape index (κ3) is 3.47. The molecule has 0 atom stereocenters. The fourth-order valence-electron chi connectivity index (χ4n) is 2.07. The Morgan fingerprint density at radius 2 is 2.05 bits per heavy atom. The number of hydrogen-bond acceptors (Lipinski definition) is 4. The van der Waals surface area contributed by atoms with Crippen molar-refractivity contribution >= 4 is 43.6 Å². The number of nitrogens with zero attached hydrogens (tertiary/aromatic N) is 3. The SMILES string of the molecule is CCn1c(SCc2cccc(Br)c2)nnc1-c1ccc(Br)o1. The second kappa shape index (κ2) is 7.02. The molecule has 3 aromatic rings. The molecule has 2 aromatic heterocycles. The first-order valence-corrected chi connectivity index (χ1v) is 9.30. The van der Waals surface area contributed by atoms with E-state index in [9.17, 15) is 0 Å². The second-order valence-electron chi connectivity index (χ2n) is 4.57. The highest BCUT2D eigenvalue weighted by molar-refractivity contribution is 9.10. The molecule has 1 aromatic carbocycles. The summed E-state index contributed by atoms with van der Waals surface area (Å²) < 4.78 is 9.42. The first-order valence-electron chi connectivity index (χ1n) is 6.73. The minimum atomic E-state index is 0.691. The summed E-state index contributed by atoms with van der Waals surface area (Å²) >= 11 is 8.48. The molecule has 0 spiro atoms. The molecule has 0 aliphatic heterocycles. The molecule has 22 heavy (non-hydrogen) atoms. The van der Waals surface area contributed by atoms with E-state index < -0.39 is 0 Å². The Bertz CT molecular complexity index is 785. The van der Waals surface area contributed by atoms with Crippen molar-refractivity contribution in [2.45, 2.75) is 24.4 Å². The van der Waals surface area contributed by atoms with Gasteiger partial charge in [0.05, 0.1) is 0 Å². The number of rotatable bonds is 5. The number of thioether (sulfide) groups is 1. The van der Waals surface area contributed by atoms with Gasteiger partial charge in [-0.2, -0.15) is 0 Å². The lowest BCUT2D eigenvalue weighted by molar-refractivity contribution is 0.543. The van der Waals surface area contributed by atoms with Gasteiger partial charge in [0.2, 0.25) is 5.82 Å². The van der Waals surface area contributed by atoms with Crippen molar-refractivity contribution in [2.24, 2.45) is 0 Å². The van der Waals surface area contributed by atoms with Crippen LogP contribution in [0.15, 0.2) is 55.1 Å². The largest absolute Gasteiger partial charge is 0.446 e. The van der Waals surface area contributed by atoms with Gasteiger partial charge in [-0.05, 0) is 52.7 Å². The molecule has 0 aliphatic carbocycles. The maximum atomic E-state index is 5.58. The van der Waals surface area contributed by atoms with Crippen molar-refractivity contribution in [3.63, 3.8) is 0 Å². The van der Waals surface area contributed by atoms with E-state index in [2.05, 4.69) is 65.7 Å². The van der Waals surface area contributed by atoms with Crippen LogP contribution in [0.1, 0.15) is 12.5 Å². The smallest absolute Gasteiger partial charge is 0.200 e. The van der Waals surface area contributed by atoms with E-state index in [0.717, 1.165) is 33.5 Å². The third-order valence-corrected chi connectivity index (χ3v) is 5.04. The molecule has 3 rings (SSSR count). The third-order valence-electron chi connectivity index (χ3n) is 3.08. The van der Waals surface area contributed by atoms with Gasteiger partial charge in [-0.1, -0.05) is 39.8 Å². The van der Waals surface area contributed by atoms with Crippen molar-refractivity contribution in [1.82, 2.24) is 14.8 Å². The summed E-state index contributed by atoms with van der Waals surface area (Å²) in [5.74, 6) is 2.32. The molecule has 0 saturated carbocycles. The molecule has 0 N–H and O–H groups in total. The Hall–Kier alpha value is -1.05. The normalized spacial score (nSPS) is 11.0. The summed E-state index contributed by atoms with van der Waals surface area (Å²) in [5, 5.41) is 9.46. The fraction of sp³-hybridized carbons (Fsp3) is 0.200. The van der Waals surface area contributed by atoms with Gasteiger partial charge >= 0.3 is 0 Å². The molecular weight excluding hydrogens is 430 g/mol. The van der Waals surface area contributed by atoms with E-state index in [1.165, 1.54) is 5.56 Å². The number of aromatic nitrogens is 3. The Balaban J connectivity index is 1.81. The van der Waals surface area contributed by atoms with Gasteiger partial charge in [0.1, 0.15) is 0 Å². The van der Waals surface area contributed by atoms with Crippen LogP contribution in [0.25, 0.3) is 11.6 Å². The van der Waals surface area contributed by atoms with E-state index in [-0.39, 0.29) is 0 Å². The number of benzene rings is 1. The predicted octanol–water partition coefficient (Wildman–Crippen LogP) is 5.38. The number of hydrogen-bond donors (Lipinski definition) is 0. The molecular formula is C15H13Br2N3OS. The van der Waals surface area contributed by atoms with Gasteiger partial charge in [0, 0.05) is 16.8 Å². The summed E-state index contributed by atoms with van der Waals surface area (Å²) in [4.78, 5) is 0. The highest BCUT2D eigenvalue weighted by Crippen LogP contribution is 2.29. The predicted molar refractivity (Wildman–Crippen MR) is 94.8 cm³/mol. The van der Waals surface area contributed by atoms with E-state index >= 15 is 0 Å². The zero-order chi connectivity index (χ0) is 15.5. The van der Waals surface area contributed by atoms with Gasteiger partial charge in [0.25, 0.3) is 0 Å². The van der Waals surface area contributed by atoms with Crippen LogP contribution >= 0.6 is 43.6 Å². The second-order valence-corrected chi connectivity index (χ2v) is 7.21. The van der Waals surface area contributed by atoms with E-state index in [1.54, 1.807) is 11.8 Å². The Kier molecular flexibility index (Phi) is 5.05. The van der Waals surface area contributed by atoms with Gasteiger partial charge < -0.3 is 4.42 Å². The van der Waals surface area contributed by atoms with Gasteiger partial charge in [-0.25, -0.2) is 0 Å². The molecule has 0 unspecified atom stereocenters. The van der Waals surface area contributed by atoms with E-state index in [1.807, 2.05) is 24.3 Å². The first-order chi connectivity index (χ1) is 10.7. The Morgan fingerprint density at radius 3 is 2.73 bits per heavy atom. The van der Waals surface area contributed by atoms with Crippen molar-refractivity contribution in [3.8, 4) is 11.6 Å². The standard InChI is InChI=1S/C15H13Br2N3OS/c1-2-20-14(12-6-7-13(17)21-12)18-19-15(20)22-9-10-4-3-5-11(16)8-10/h3-8H,2,9H2,1H3. The lowest BCUT2D eigenvalue weighted by atomic mass is 10.2. The lowest BCUT2D eigenvalue weighted by Crippen LogP contribution is -1.99. The molecule has 0 aliphatic rings. The van der Waals surface area contributed by atoms with Crippen molar-refractivity contribution in [1.29, 1.82) is 0 Å². The van der Waals surface area contributed by atoms with Crippen LogP contribution in [0.4, 0.5) is 0 Å². The summed E-state index contributed by atoms with van der Waals surface area (Å²) in [7, 11) is 0. The van der Waals surface area contributed by atoms with Crippen LogP contribution in [-0.2, 0) is 12.3 Å². The topological polar surface area (TPSA) is 43.9 Å². The average molecular weight is 443 g/mol. The van der Waals surface area contributed by atoms with Crippen LogP contribution in [-0.4, -0.2) is 14.8 Å². The molecule has 7 heteroatoms. The van der Waals surface area contributed by atoms with Gasteiger partial charge in [-0.3, -0.25) is 4.57 Å². The van der Waals surface area contributed by atoms with E-state index in [4.69, 9.17) is 4.42 Å². The van der Waals surface area contributed by atoms with Crippen LogP contribution in [0.3, 0.4) is 0 Å². The number of halogens is 2. The Morgan fingerprint density at radius 1 is 1.18 bits per heavy atom. The monoisotopic (exact) mass is 441 g/mol. The molecule has 114 valence electrons. The quantitative estimate of drug-likeness (QED) is 0.498. The lowest BCUT2D eigenvalue weighted by Gasteiger charge is -2.06. The fourth-order valence-corrected chi connectivity index (χ4v) is 3.77. The summed E-state index contributed by atoms with van der Waals surface area (Å²) in [6.45, 7) is 2.87. The first kappa shape index (κ1) is 15.8. The van der Waals surface area contributed by atoms with Crippen LogP contribution in [0, 0.1) is 0 Å². The van der Waals surface area contributed by atoms with E-state index in [0.29, 0.717) is 4.67 Å². The summed E-state index contributed by atoms with van der Waals surface area (Å²) in [6, 6.07) is 12.0. The highest BCUT2D eigenvalue weighted by Gasteiger charge is 2.16. The summed E-state index contributed by atoms with van der Waals surface area (Å²) in [5.41, 5.74) is 1.24. The van der Waals surface area contributed by atoms with Gasteiger partial charge in [0.15, 0.2) is 15.6 Å². The van der Waals surface area contributed by atoms with Crippen LogP contribution < -0.4 is 0 Å². The van der Waals surface area contributed by atoms with Crippen molar-refractivity contribution in [3.05, 3.63) is 51.1 Å². The van der Waals surface area contributed by atoms with Crippen molar-refractivity contribution < 1.29 is 4.42 Å². The molecule has 0 bridgehead atoms. The molecule has 0 saturated heterocycles. The minimum Gasteiger partial charge on any atom is -0.446 e. The molecule has 0 fully saturated rings. The van der Waals surface area contributed by atoms with Crippen LogP contribution in [0.2, 0.25) is 0 Å². The highest BCUT2D eigenvalue weighted by atomic mass is 79.9. The van der Waals surface area contributed by atoms with Crippen molar-refractivity contribution in [2.75, 3.05) is 0 Å². The molecule has 4 nitrogen and oxygen atoms in total. The molecule has 0 radical (unpaired) electrons. The molecule has 0 amide bonds.